The molecule has 0 aromatic heterocycles. The average molecular weight is 345 g/mol. The Labute approximate surface area is 124 Å². The molecule has 0 radical (unpaired) electrons. The Morgan fingerprint density at radius 3 is 2.70 bits per heavy atom. The van der Waals surface area contributed by atoms with Crippen LogP contribution >= 0.6 is 15.9 Å². The second kappa shape index (κ2) is 6.13. The van der Waals surface area contributed by atoms with Crippen LogP contribution in [0.5, 0.6) is 17.2 Å². The summed E-state index contributed by atoms with van der Waals surface area (Å²) >= 11 is 3.28. The second-order valence-corrected chi connectivity index (χ2v) is 4.69. The van der Waals surface area contributed by atoms with Gasteiger partial charge < -0.3 is 18.9 Å². The number of carbonyl (C=O) groups is 2. The predicted octanol–water partition coefficient (Wildman–Crippen LogP) is 1.97. The molecule has 0 fully saturated rings. The molecule has 1 aliphatic heterocycles. The molecule has 0 unspecified atom stereocenters. The molecular weight excluding hydrogens is 332 g/mol. The molecule has 0 bridgehead atoms. The maximum absolute atomic E-state index is 12.2. The maximum atomic E-state index is 12.2. The minimum absolute atomic E-state index is 0.00928. The number of methoxy groups -OCH3 is 1. The largest absolute Gasteiger partial charge is 0.495 e. The van der Waals surface area contributed by atoms with Gasteiger partial charge in [0, 0.05) is 6.07 Å². The Bertz CT molecular complexity index is 554. The van der Waals surface area contributed by atoms with Gasteiger partial charge in [0.1, 0.15) is 24.5 Å². The highest BCUT2D eigenvalue weighted by Gasteiger charge is 2.32. The summed E-state index contributed by atoms with van der Waals surface area (Å²) in [5, 5.41) is 0. The normalized spacial score (nSPS) is 12.8. The van der Waals surface area contributed by atoms with E-state index in [-0.39, 0.29) is 23.7 Å². The Kier molecular flexibility index (Phi) is 4.49. The summed E-state index contributed by atoms with van der Waals surface area (Å²) < 4.78 is 21.3. The van der Waals surface area contributed by atoms with E-state index >= 15 is 0 Å². The van der Waals surface area contributed by atoms with Crippen LogP contribution in [0.1, 0.15) is 17.3 Å². The number of benzene rings is 1. The molecule has 0 saturated carbocycles. The summed E-state index contributed by atoms with van der Waals surface area (Å²) in [5.41, 5.74) is 0.00928. The fourth-order valence-corrected chi connectivity index (χ4v) is 2.41. The van der Waals surface area contributed by atoms with Crippen LogP contribution in [-0.4, -0.2) is 38.7 Å². The zero-order valence-corrected chi connectivity index (χ0v) is 12.6. The maximum Gasteiger partial charge on any atom is 0.379 e. The van der Waals surface area contributed by atoms with Crippen LogP contribution in [0.15, 0.2) is 10.5 Å². The number of ketones is 1. The van der Waals surface area contributed by atoms with Crippen molar-refractivity contribution in [1.82, 2.24) is 0 Å². The number of halogens is 1. The van der Waals surface area contributed by atoms with E-state index in [0.29, 0.717) is 23.4 Å². The van der Waals surface area contributed by atoms with Gasteiger partial charge in [-0.1, -0.05) is 0 Å². The number of esters is 1. The van der Waals surface area contributed by atoms with E-state index in [1.807, 2.05) is 0 Å². The second-order valence-electron chi connectivity index (χ2n) is 3.84. The number of rotatable bonds is 4. The molecule has 0 spiro atoms. The Hall–Kier alpha value is -1.76. The van der Waals surface area contributed by atoms with Crippen LogP contribution in [0.2, 0.25) is 0 Å². The van der Waals surface area contributed by atoms with Crippen molar-refractivity contribution in [2.24, 2.45) is 0 Å². The van der Waals surface area contributed by atoms with Crippen molar-refractivity contribution in [3.63, 3.8) is 0 Å². The van der Waals surface area contributed by atoms with E-state index in [9.17, 15) is 9.59 Å². The van der Waals surface area contributed by atoms with Crippen molar-refractivity contribution in [3.8, 4) is 17.2 Å². The van der Waals surface area contributed by atoms with Crippen molar-refractivity contribution in [2.75, 3.05) is 26.9 Å². The van der Waals surface area contributed by atoms with Gasteiger partial charge in [-0.2, -0.15) is 0 Å². The SMILES string of the molecule is CCOC(=O)C(=O)c1c(OC)c(Br)cc2c1OCCO2. The Morgan fingerprint density at radius 2 is 2.05 bits per heavy atom. The van der Waals surface area contributed by atoms with Gasteiger partial charge in [-0.15, -0.1) is 0 Å². The lowest BCUT2D eigenvalue weighted by molar-refractivity contribution is -0.137. The van der Waals surface area contributed by atoms with Crippen molar-refractivity contribution in [2.45, 2.75) is 6.92 Å². The van der Waals surface area contributed by atoms with Crippen molar-refractivity contribution in [3.05, 3.63) is 16.1 Å². The quantitative estimate of drug-likeness (QED) is 0.472. The first kappa shape index (κ1) is 14.6. The lowest BCUT2D eigenvalue weighted by Crippen LogP contribution is -2.23. The standard InChI is InChI=1S/C13H13BrO6/c1-3-18-13(16)10(15)9-11(17-2)7(14)6-8-12(9)20-5-4-19-8/h6H,3-5H2,1-2H3. The minimum Gasteiger partial charge on any atom is -0.495 e. The number of fused-ring (bicyclic) bond motifs is 1. The molecule has 0 N–H and O–H groups in total. The molecule has 0 atom stereocenters. The molecule has 1 aromatic rings. The molecular formula is C13H13BrO6. The smallest absolute Gasteiger partial charge is 0.379 e. The third-order valence-corrected chi connectivity index (χ3v) is 3.22. The van der Waals surface area contributed by atoms with Crippen LogP contribution < -0.4 is 14.2 Å². The molecule has 20 heavy (non-hydrogen) atoms. The molecule has 2 rings (SSSR count). The molecule has 0 aliphatic carbocycles. The van der Waals surface area contributed by atoms with Crippen LogP contribution in [0.3, 0.4) is 0 Å². The lowest BCUT2D eigenvalue weighted by atomic mass is 10.1. The summed E-state index contributed by atoms with van der Waals surface area (Å²) in [6.07, 6.45) is 0. The first-order valence-electron chi connectivity index (χ1n) is 5.97. The number of Topliss-reactive ketones (excluding diaryl/α,β-unsaturated/α-hetero) is 1. The number of hydrogen-bond acceptors (Lipinski definition) is 6. The predicted molar refractivity (Wildman–Crippen MR) is 72.6 cm³/mol. The molecule has 7 heteroatoms. The molecule has 1 aromatic carbocycles. The monoisotopic (exact) mass is 344 g/mol. The van der Waals surface area contributed by atoms with E-state index in [4.69, 9.17) is 18.9 Å². The van der Waals surface area contributed by atoms with E-state index in [2.05, 4.69) is 15.9 Å². The summed E-state index contributed by atoms with van der Waals surface area (Å²) in [6, 6.07) is 1.63. The van der Waals surface area contributed by atoms with Gasteiger partial charge >= 0.3 is 5.97 Å². The molecule has 6 nitrogen and oxygen atoms in total. The summed E-state index contributed by atoms with van der Waals surface area (Å²) in [4.78, 5) is 23.9. The third-order valence-electron chi connectivity index (χ3n) is 2.63. The number of hydrogen-bond donors (Lipinski definition) is 0. The van der Waals surface area contributed by atoms with Gasteiger partial charge in [-0.25, -0.2) is 4.79 Å². The van der Waals surface area contributed by atoms with Gasteiger partial charge in [0.2, 0.25) is 0 Å². The minimum atomic E-state index is -0.958. The van der Waals surface area contributed by atoms with Crippen LogP contribution in [0, 0.1) is 0 Å². The van der Waals surface area contributed by atoms with Crippen LogP contribution in [-0.2, 0) is 9.53 Å². The first-order valence-corrected chi connectivity index (χ1v) is 6.77. The van der Waals surface area contributed by atoms with E-state index in [1.165, 1.54) is 7.11 Å². The average Bonchev–Trinajstić information content (AvgIpc) is 2.45. The molecule has 108 valence electrons. The zero-order chi connectivity index (χ0) is 14.7. The van der Waals surface area contributed by atoms with E-state index < -0.39 is 11.8 Å². The van der Waals surface area contributed by atoms with Crippen LogP contribution in [0.25, 0.3) is 0 Å². The van der Waals surface area contributed by atoms with E-state index in [0.717, 1.165) is 0 Å². The summed E-state index contributed by atoms with van der Waals surface area (Å²) in [5.74, 6) is -0.981. The molecule has 0 saturated heterocycles. The summed E-state index contributed by atoms with van der Waals surface area (Å²) in [6.45, 7) is 2.40. The van der Waals surface area contributed by atoms with Crippen molar-refractivity contribution < 1.29 is 28.5 Å². The third kappa shape index (κ3) is 2.58. The van der Waals surface area contributed by atoms with Crippen molar-refractivity contribution >= 4 is 27.7 Å². The Morgan fingerprint density at radius 1 is 1.35 bits per heavy atom. The summed E-state index contributed by atoms with van der Waals surface area (Å²) in [7, 11) is 1.40. The van der Waals surface area contributed by atoms with Gasteiger partial charge in [-0.3, -0.25) is 4.79 Å². The van der Waals surface area contributed by atoms with Gasteiger partial charge in [0.15, 0.2) is 11.5 Å². The topological polar surface area (TPSA) is 71.1 Å². The van der Waals surface area contributed by atoms with Gasteiger partial charge in [0.05, 0.1) is 18.2 Å². The molecule has 0 amide bonds. The number of carbonyl (C=O) groups excluding carboxylic acids is 2. The van der Waals surface area contributed by atoms with E-state index in [1.54, 1.807) is 13.0 Å². The lowest BCUT2D eigenvalue weighted by Gasteiger charge is -2.22. The zero-order valence-electron chi connectivity index (χ0n) is 11.0. The highest BCUT2D eigenvalue weighted by Crippen LogP contribution is 2.44. The van der Waals surface area contributed by atoms with Gasteiger partial charge in [0.25, 0.3) is 5.78 Å². The molecule has 1 heterocycles. The number of ether oxygens (including phenoxy) is 4. The highest BCUT2D eigenvalue weighted by molar-refractivity contribution is 9.10. The highest BCUT2D eigenvalue weighted by atomic mass is 79.9. The molecule has 1 aliphatic rings. The van der Waals surface area contributed by atoms with Crippen molar-refractivity contribution in [1.29, 1.82) is 0 Å². The van der Waals surface area contributed by atoms with Crippen LogP contribution in [0.4, 0.5) is 0 Å². The fourth-order valence-electron chi connectivity index (χ4n) is 1.84. The Balaban J connectivity index is 2.56. The fraction of sp³-hybridized carbons (Fsp3) is 0.385. The van der Waals surface area contributed by atoms with Gasteiger partial charge in [-0.05, 0) is 22.9 Å². The first-order chi connectivity index (χ1) is 9.60.